The van der Waals surface area contributed by atoms with Gasteiger partial charge in [0.15, 0.2) is 0 Å². The molecule has 2 heterocycles. The summed E-state index contributed by atoms with van der Waals surface area (Å²) in [5.74, 6) is 0.219. The highest BCUT2D eigenvalue weighted by molar-refractivity contribution is 7.26. The summed E-state index contributed by atoms with van der Waals surface area (Å²) in [5.41, 5.74) is 1.02. The third-order valence-electron chi connectivity index (χ3n) is 4.71. The van der Waals surface area contributed by atoms with E-state index in [1.807, 2.05) is 37.3 Å². The number of nitrogens with zero attached hydrogens (tertiary/aromatic N) is 2. The molecule has 1 atom stereocenters. The number of thiophene rings is 1. The Hall–Kier alpha value is -3.19. The van der Waals surface area contributed by atoms with E-state index in [9.17, 15) is 9.59 Å². The van der Waals surface area contributed by atoms with Crippen molar-refractivity contribution < 1.29 is 9.53 Å². The molecule has 0 spiro atoms. The topological polar surface area (TPSA) is 73.2 Å². The highest BCUT2D eigenvalue weighted by atomic mass is 32.1. The smallest absolute Gasteiger partial charge is 0.276 e. The molecule has 0 bridgehead atoms. The number of amides is 1. The average molecular weight is 393 g/mol. The molecular weight excluding hydrogens is 374 g/mol. The van der Waals surface area contributed by atoms with Crippen molar-refractivity contribution in [3.63, 3.8) is 0 Å². The van der Waals surface area contributed by atoms with Crippen LogP contribution in [0, 0.1) is 6.92 Å². The fourth-order valence-corrected chi connectivity index (χ4v) is 4.37. The first-order valence-electron chi connectivity index (χ1n) is 8.86. The zero-order chi connectivity index (χ0) is 19.8. The fraction of sp³-hybridized carbons (Fsp3) is 0.190. The van der Waals surface area contributed by atoms with Gasteiger partial charge < -0.3 is 10.1 Å². The Kier molecular flexibility index (Phi) is 4.60. The Bertz CT molecular complexity index is 1260. The van der Waals surface area contributed by atoms with E-state index in [4.69, 9.17) is 4.74 Å². The summed E-state index contributed by atoms with van der Waals surface area (Å²) in [6.45, 7) is 3.53. The molecule has 28 heavy (non-hydrogen) atoms. The van der Waals surface area contributed by atoms with Gasteiger partial charge in [-0.3, -0.25) is 9.59 Å². The standard InChI is InChI=1S/C21H19N3O3S/c1-12-19-18(14-8-4-7-11-17(14)28-19)21(26)24(23-12)13(2)20(25)22-15-9-5-6-10-16(15)27-3/h4-11,13H,1-3H3,(H,22,25). The van der Waals surface area contributed by atoms with Crippen molar-refractivity contribution in [2.24, 2.45) is 0 Å². The zero-order valence-corrected chi connectivity index (χ0v) is 16.5. The van der Waals surface area contributed by atoms with Crippen LogP contribution in [0.5, 0.6) is 5.75 Å². The molecule has 4 aromatic rings. The number of para-hydroxylation sites is 2. The summed E-state index contributed by atoms with van der Waals surface area (Å²) in [7, 11) is 1.54. The number of rotatable bonds is 4. The van der Waals surface area contributed by atoms with Gasteiger partial charge in [0.05, 0.1) is 28.6 Å². The molecule has 0 aliphatic heterocycles. The number of hydrogen-bond donors (Lipinski definition) is 1. The number of ether oxygens (including phenoxy) is 1. The molecule has 0 saturated heterocycles. The van der Waals surface area contributed by atoms with Crippen LogP contribution in [0.25, 0.3) is 20.2 Å². The second kappa shape index (κ2) is 7.09. The number of aromatic nitrogens is 2. The molecule has 6 nitrogen and oxygen atoms in total. The summed E-state index contributed by atoms with van der Waals surface area (Å²) in [6.07, 6.45) is 0. The Morgan fingerprint density at radius 1 is 1.18 bits per heavy atom. The third kappa shape index (κ3) is 2.93. The Morgan fingerprint density at radius 2 is 1.89 bits per heavy atom. The van der Waals surface area contributed by atoms with E-state index < -0.39 is 6.04 Å². The molecule has 2 aromatic heterocycles. The Morgan fingerprint density at radius 3 is 2.68 bits per heavy atom. The summed E-state index contributed by atoms with van der Waals surface area (Å²) in [4.78, 5) is 26.0. The lowest BCUT2D eigenvalue weighted by Crippen LogP contribution is -2.33. The molecule has 0 fully saturated rings. The molecule has 7 heteroatoms. The summed E-state index contributed by atoms with van der Waals surface area (Å²) in [5, 5.41) is 8.76. The molecule has 0 aliphatic carbocycles. The minimum Gasteiger partial charge on any atom is -0.495 e. The first-order chi connectivity index (χ1) is 13.5. The van der Waals surface area contributed by atoms with Gasteiger partial charge in [-0.2, -0.15) is 5.10 Å². The quantitative estimate of drug-likeness (QED) is 0.566. The minimum atomic E-state index is -0.779. The number of anilines is 1. The van der Waals surface area contributed by atoms with E-state index in [-0.39, 0.29) is 11.5 Å². The van der Waals surface area contributed by atoms with Gasteiger partial charge in [0.1, 0.15) is 11.8 Å². The predicted molar refractivity (Wildman–Crippen MR) is 112 cm³/mol. The molecule has 2 aromatic carbocycles. The van der Waals surface area contributed by atoms with E-state index in [0.717, 1.165) is 20.5 Å². The van der Waals surface area contributed by atoms with Crippen LogP contribution in [0.2, 0.25) is 0 Å². The molecule has 1 N–H and O–H groups in total. The van der Waals surface area contributed by atoms with E-state index in [1.165, 1.54) is 4.68 Å². The van der Waals surface area contributed by atoms with Crippen molar-refractivity contribution >= 4 is 43.1 Å². The van der Waals surface area contributed by atoms with Gasteiger partial charge in [-0.25, -0.2) is 4.68 Å². The van der Waals surface area contributed by atoms with Gasteiger partial charge in [0, 0.05) is 10.1 Å². The van der Waals surface area contributed by atoms with Crippen molar-refractivity contribution in [1.82, 2.24) is 9.78 Å². The van der Waals surface area contributed by atoms with Gasteiger partial charge in [-0.05, 0) is 32.0 Å². The molecule has 4 rings (SSSR count). The maximum atomic E-state index is 13.2. The molecule has 1 amide bonds. The number of fused-ring (bicyclic) bond motifs is 3. The molecule has 1 unspecified atom stereocenters. The van der Waals surface area contributed by atoms with Crippen LogP contribution in [-0.4, -0.2) is 22.8 Å². The third-order valence-corrected chi connectivity index (χ3v) is 5.99. The lowest BCUT2D eigenvalue weighted by Gasteiger charge is -2.16. The first-order valence-corrected chi connectivity index (χ1v) is 9.67. The van der Waals surface area contributed by atoms with Crippen LogP contribution < -0.4 is 15.6 Å². The number of hydrogen-bond acceptors (Lipinski definition) is 5. The Balaban J connectivity index is 1.78. The second-order valence-electron chi connectivity index (χ2n) is 6.50. The number of aryl methyl sites for hydroxylation is 1. The van der Waals surface area contributed by atoms with Gasteiger partial charge in [0.25, 0.3) is 5.56 Å². The zero-order valence-electron chi connectivity index (χ0n) is 15.7. The van der Waals surface area contributed by atoms with Gasteiger partial charge in [-0.15, -0.1) is 11.3 Å². The maximum absolute atomic E-state index is 13.2. The minimum absolute atomic E-state index is 0.263. The highest BCUT2D eigenvalue weighted by Crippen LogP contribution is 2.33. The van der Waals surface area contributed by atoms with E-state index in [2.05, 4.69) is 10.4 Å². The molecule has 0 aliphatic rings. The second-order valence-corrected chi connectivity index (χ2v) is 7.56. The van der Waals surface area contributed by atoms with Crippen LogP contribution in [0.3, 0.4) is 0 Å². The van der Waals surface area contributed by atoms with Crippen molar-refractivity contribution in [3.8, 4) is 5.75 Å². The van der Waals surface area contributed by atoms with Crippen molar-refractivity contribution in [2.75, 3.05) is 12.4 Å². The van der Waals surface area contributed by atoms with E-state index in [0.29, 0.717) is 16.8 Å². The molecular formula is C21H19N3O3S. The number of carbonyl (C=O) groups is 1. The van der Waals surface area contributed by atoms with Crippen LogP contribution in [0.4, 0.5) is 5.69 Å². The molecule has 142 valence electrons. The van der Waals surface area contributed by atoms with Crippen LogP contribution in [0.1, 0.15) is 18.7 Å². The molecule has 0 saturated carbocycles. The van der Waals surface area contributed by atoms with Gasteiger partial charge in [0.2, 0.25) is 5.91 Å². The lowest BCUT2D eigenvalue weighted by atomic mass is 10.2. The summed E-state index contributed by atoms with van der Waals surface area (Å²) >= 11 is 1.55. The average Bonchev–Trinajstić information content (AvgIpc) is 3.11. The lowest BCUT2D eigenvalue weighted by molar-refractivity contribution is -0.119. The first kappa shape index (κ1) is 18.2. The van der Waals surface area contributed by atoms with Crippen LogP contribution in [-0.2, 0) is 4.79 Å². The monoisotopic (exact) mass is 393 g/mol. The van der Waals surface area contributed by atoms with Gasteiger partial charge >= 0.3 is 0 Å². The number of carbonyl (C=O) groups excluding carboxylic acids is 1. The number of methoxy groups -OCH3 is 1. The molecule has 0 radical (unpaired) electrons. The van der Waals surface area contributed by atoms with E-state index >= 15 is 0 Å². The van der Waals surface area contributed by atoms with Gasteiger partial charge in [-0.1, -0.05) is 30.3 Å². The van der Waals surface area contributed by atoms with Crippen LogP contribution in [0.15, 0.2) is 53.3 Å². The number of benzene rings is 2. The van der Waals surface area contributed by atoms with Crippen molar-refractivity contribution in [1.29, 1.82) is 0 Å². The SMILES string of the molecule is COc1ccccc1NC(=O)C(C)n1nc(C)c2sc3ccccc3c2c1=O. The van der Waals surface area contributed by atoms with Crippen molar-refractivity contribution in [3.05, 3.63) is 64.6 Å². The largest absolute Gasteiger partial charge is 0.495 e. The normalized spacial score (nSPS) is 12.2. The van der Waals surface area contributed by atoms with E-state index in [1.54, 1.807) is 43.6 Å². The predicted octanol–water partition coefficient (Wildman–Crippen LogP) is 4.13. The maximum Gasteiger partial charge on any atom is 0.276 e. The fourth-order valence-electron chi connectivity index (χ4n) is 3.24. The highest BCUT2D eigenvalue weighted by Gasteiger charge is 2.22. The Labute approximate surface area is 165 Å². The summed E-state index contributed by atoms with van der Waals surface area (Å²) in [6, 6.07) is 14.1. The number of nitrogens with one attached hydrogen (secondary N) is 1. The van der Waals surface area contributed by atoms with Crippen LogP contribution >= 0.6 is 11.3 Å². The summed E-state index contributed by atoms with van der Waals surface area (Å²) < 4.78 is 8.43. The van der Waals surface area contributed by atoms with Crippen molar-refractivity contribution in [2.45, 2.75) is 19.9 Å².